The number of hydrogen-bond donors (Lipinski definition) is 3. The highest BCUT2D eigenvalue weighted by molar-refractivity contribution is 6.08. The van der Waals surface area contributed by atoms with Crippen LogP contribution >= 0.6 is 0 Å². The molecular formula is C31H45F2N9O2. The minimum Gasteiger partial charge on any atom is -0.391 e. The standard InChI is InChI=1S/C31H45F2N9O2/c1-39(15-10-21-8-12-34-13-9-21)18-22-4-6-23(7-5-22)42-20-26(28(38-42)29(32)33)36-31(44)25-17-35-41-16-11-27(37-30(25)41)40-14-2-3-24(43)19-40/h11,16-17,20-24,29,34,43H,2-10,12-15,18-19H2,1H3,(H,36,44)/t22?,23?,24-/m0/s1. The van der Waals surface area contributed by atoms with Crippen LogP contribution in [0, 0.1) is 11.8 Å². The third-order valence-corrected chi connectivity index (χ3v) is 9.67. The zero-order valence-electron chi connectivity index (χ0n) is 25.5. The van der Waals surface area contributed by atoms with Crippen molar-refractivity contribution in [3.05, 3.63) is 35.9 Å². The topological polar surface area (TPSA) is 116 Å². The average molecular weight is 614 g/mol. The van der Waals surface area contributed by atoms with E-state index in [1.54, 1.807) is 23.1 Å². The van der Waals surface area contributed by atoms with Gasteiger partial charge in [-0.05, 0) is 102 Å². The van der Waals surface area contributed by atoms with Crippen LogP contribution in [0.2, 0.25) is 0 Å². The number of halogens is 2. The highest BCUT2D eigenvalue weighted by atomic mass is 19.3. The summed E-state index contributed by atoms with van der Waals surface area (Å²) in [6.45, 7) is 5.67. The molecule has 11 nitrogen and oxygen atoms in total. The Bertz CT molecular complexity index is 1400. The smallest absolute Gasteiger partial charge is 0.284 e. The summed E-state index contributed by atoms with van der Waals surface area (Å²) >= 11 is 0. The molecule has 3 aromatic rings. The van der Waals surface area contributed by atoms with E-state index in [4.69, 9.17) is 0 Å². The Hall–Kier alpha value is -3.16. The predicted molar refractivity (Wildman–Crippen MR) is 164 cm³/mol. The molecule has 2 aliphatic heterocycles. The van der Waals surface area contributed by atoms with E-state index < -0.39 is 24.1 Å². The summed E-state index contributed by atoms with van der Waals surface area (Å²) in [6, 6.07) is 1.82. The molecule has 0 bridgehead atoms. The van der Waals surface area contributed by atoms with Gasteiger partial charge in [0.05, 0.1) is 24.0 Å². The van der Waals surface area contributed by atoms with Crippen molar-refractivity contribution in [1.29, 1.82) is 0 Å². The largest absolute Gasteiger partial charge is 0.391 e. The first kappa shape index (κ1) is 30.8. The van der Waals surface area contributed by atoms with Crippen LogP contribution in [0.1, 0.15) is 86.3 Å². The van der Waals surface area contributed by atoms with Gasteiger partial charge in [-0.3, -0.25) is 9.48 Å². The first-order chi connectivity index (χ1) is 21.3. The number of piperidine rings is 2. The van der Waals surface area contributed by atoms with E-state index in [0.29, 0.717) is 23.9 Å². The second-order valence-corrected chi connectivity index (χ2v) is 12.9. The summed E-state index contributed by atoms with van der Waals surface area (Å²) in [5.74, 6) is 1.48. The number of fused-ring (bicyclic) bond motifs is 1. The molecule has 3 aromatic heterocycles. The Balaban J connectivity index is 1.07. The molecule has 3 N–H and O–H groups in total. The Kier molecular flexibility index (Phi) is 9.72. The number of aromatic nitrogens is 5. The van der Waals surface area contributed by atoms with E-state index in [9.17, 15) is 18.7 Å². The lowest BCUT2D eigenvalue weighted by Gasteiger charge is -2.32. The number of nitrogens with zero attached hydrogens (tertiary/aromatic N) is 7. The highest BCUT2D eigenvalue weighted by Gasteiger charge is 2.28. The van der Waals surface area contributed by atoms with Gasteiger partial charge >= 0.3 is 0 Å². The number of nitrogens with one attached hydrogen (secondary N) is 2. The molecule has 5 heterocycles. The third kappa shape index (κ3) is 7.21. The lowest BCUT2D eigenvalue weighted by molar-refractivity contribution is 0.102. The van der Waals surface area contributed by atoms with Crippen LogP contribution in [-0.4, -0.2) is 92.7 Å². The molecular weight excluding hydrogens is 568 g/mol. The van der Waals surface area contributed by atoms with Gasteiger partial charge in [0.2, 0.25) is 0 Å². The van der Waals surface area contributed by atoms with Crippen molar-refractivity contribution in [2.75, 3.05) is 56.5 Å². The number of β-amino-alcohol motifs (C(OH)–C–C–N with tert-alkyl or cyclic N) is 1. The molecule has 6 rings (SSSR count). The van der Waals surface area contributed by atoms with Crippen molar-refractivity contribution in [3.8, 4) is 0 Å². The van der Waals surface area contributed by atoms with E-state index in [2.05, 4.69) is 37.8 Å². The summed E-state index contributed by atoms with van der Waals surface area (Å²) in [5, 5.41) is 24.7. The van der Waals surface area contributed by atoms with Crippen molar-refractivity contribution >= 4 is 23.1 Å². The molecule has 0 radical (unpaired) electrons. The van der Waals surface area contributed by atoms with Gasteiger partial charge in [0.25, 0.3) is 12.3 Å². The number of rotatable bonds is 10. The fourth-order valence-electron chi connectivity index (χ4n) is 7.10. The summed E-state index contributed by atoms with van der Waals surface area (Å²) in [4.78, 5) is 22.4. The van der Waals surface area contributed by atoms with Crippen molar-refractivity contribution in [3.63, 3.8) is 0 Å². The molecule has 1 atom stereocenters. The van der Waals surface area contributed by atoms with E-state index in [1.165, 1.54) is 30.0 Å². The zero-order chi connectivity index (χ0) is 30.6. The number of amides is 1. The molecule has 44 heavy (non-hydrogen) atoms. The van der Waals surface area contributed by atoms with Gasteiger partial charge in [-0.2, -0.15) is 10.2 Å². The first-order valence-electron chi connectivity index (χ1n) is 16.2. The minimum absolute atomic E-state index is 0.0134. The van der Waals surface area contributed by atoms with Crippen molar-refractivity contribution in [2.24, 2.45) is 11.8 Å². The molecule has 240 valence electrons. The molecule has 13 heteroatoms. The molecule has 1 aliphatic carbocycles. The van der Waals surface area contributed by atoms with Crippen LogP contribution in [0.25, 0.3) is 5.65 Å². The fraction of sp³-hybridized carbons (Fsp3) is 0.677. The Morgan fingerprint density at radius 2 is 1.95 bits per heavy atom. The maximum atomic E-state index is 14.1. The first-order valence-corrected chi connectivity index (χ1v) is 16.2. The van der Waals surface area contributed by atoms with Gasteiger partial charge in [0.1, 0.15) is 11.4 Å². The SMILES string of the molecule is CN(CCC1CCNCC1)CC1CCC(n2cc(NC(=O)c3cnn4ccc(N5CCC[C@H](O)C5)nc34)c(C(F)F)n2)CC1. The quantitative estimate of drug-likeness (QED) is 0.313. The molecule has 1 amide bonds. The molecule has 3 fully saturated rings. The highest BCUT2D eigenvalue weighted by Crippen LogP contribution is 2.35. The van der Waals surface area contributed by atoms with Gasteiger partial charge in [-0.1, -0.05) is 0 Å². The number of carbonyl (C=O) groups excluding carboxylic acids is 1. The van der Waals surface area contributed by atoms with E-state index in [-0.39, 0.29) is 17.3 Å². The number of anilines is 2. The number of carbonyl (C=O) groups is 1. The van der Waals surface area contributed by atoms with Crippen molar-refractivity contribution in [1.82, 2.24) is 34.6 Å². The van der Waals surface area contributed by atoms with Crippen LogP contribution in [0.15, 0.2) is 24.7 Å². The van der Waals surface area contributed by atoms with Gasteiger partial charge in [0, 0.05) is 32.0 Å². The van der Waals surface area contributed by atoms with Gasteiger partial charge in [-0.25, -0.2) is 18.3 Å². The molecule has 2 saturated heterocycles. The van der Waals surface area contributed by atoms with Crippen LogP contribution in [0.5, 0.6) is 0 Å². The monoisotopic (exact) mass is 613 g/mol. The Morgan fingerprint density at radius 3 is 2.70 bits per heavy atom. The van der Waals surface area contributed by atoms with Crippen LogP contribution in [-0.2, 0) is 0 Å². The summed E-state index contributed by atoms with van der Waals surface area (Å²) < 4.78 is 31.2. The zero-order valence-corrected chi connectivity index (χ0v) is 25.5. The average Bonchev–Trinajstić information content (AvgIpc) is 3.65. The second kappa shape index (κ2) is 13.9. The predicted octanol–water partition coefficient (Wildman–Crippen LogP) is 4.13. The summed E-state index contributed by atoms with van der Waals surface area (Å²) in [6.07, 6.45) is 10.6. The van der Waals surface area contributed by atoms with Gasteiger partial charge < -0.3 is 25.5 Å². The van der Waals surface area contributed by atoms with E-state index in [0.717, 1.165) is 77.2 Å². The maximum absolute atomic E-state index is 14.1. The third-order valence-electron chi connectivity index (χ3n) is 9.67. The van der Waals surface area contributed by atoms with E-state index in [1.807, 2.05) is 4.90 Å². The van der Waals surface area contributed by atoms with Crippen LogP contribution in [0.4, 0.5) is 20.3 Å². The molecule has 0 unspecified atom stereocenters. The number of aliphatic hydroxyl groups excluding tert-OH is 1. The number of aliphatic hydroxyl groups is 1. The number of alkyl halides is 2. The van der Waals surface area contributed by atoms with Crippen molar-refractivity contribution < 1.29 is 18.7 Å². The molecule has 1 saturated carbocycles. The number of hydrogen-bond acceptors (Lipinski definition) is 8. The fourth-order valence-corrected chi connectivity index (χ4v) is 7.10. The van der Waals surface area contributed by atoms with Crippen molar-refractivity contribution in [2.45, 2.75) is 76.4 Å². The molecule has 0 spiro atoms. The second-order valence-electron chi connectivity index (χ2n) is 12.9. The van der Waals surface area contributed by atoms with Gasteiger partial charge in [0.15, 0.2) is 11.3 Å². The lowest BCUT2D eigenvalue weighted by atomic mass is 9.85. The van der Waals surface area contributed by atoms with Crippen LogP contribution in [0.3, 0.4) is 0 Å². The summed E-state index contributed by atoms with van der Waals surface area (Å²) in [5.41, 5.74) is 0.0946. The maximum Gasteiger partial charge on any atom is 0.284 e. The summed E-state index contributed by atoms with van der Waals surface area (Å²) in [7, 11) is 2.21. The Morgan fingerprint density at radius 1 is 1.16 bits per heavy atom. The molecule has 3 aliphatic rings. The van der Waals surface area contributed by atoms with Gasteiger partial charge in [-0.15, -0.1) is 0 Å². The van der Waals surface area contributed by atoms with Crippen LogP contribution < -0.4 is 15.5 Å². The molecule has 0 aromatic carbocycles. The van der Waals surface area contributed by atoms with E-state index >= 15 is 0 Å². The normalized spacial score (nSPS) is 23.6. The Labute approximate surface area is 257 Å². The minimum atomic E-state index is -2.82. The lowest BCUT2D eigenvalue weighted by Crippen LogP contribution is -2.38.